The number of nitrogens with one attached hydrogen (secondary N) is 14. The summed E-state index contributed by atoms with van der Waals surface area (Å²) in [7, 11) is 0. The smallest absolute Gasteiger partial charge is 0.326 e. The van der Waals surface area contributed by atoms with Gasteiger partial charge in [0.1, 0.15) is 96.1 Å². The maximum Gasteiger partial charge on any atom is 0.326 e. The van der Waals surface area contributed by atoms with Gasteiger partial charge >= 0.3 is 29.8 Å². The summed E-state index contributed by atoms with van der Waals surface area (Å²) in [5, 5.41) is 103. The van der Waals surface area contributed by atoms with Gasteiger partial charge < -0.3 is 150 Å². The van der Waals surface area contributed by atoms with Crippen LogP contribution in [0.1, 0.15) is 206 Å². The van der Waals surface area contributed by atoms with E-state index in [9.17, 15) is 127 Å². The quantitative estimate of drug-likeness (QED) is 0.0276. The second kappa shape index (κ2) is 63.7. The fourth-order valence-electron chi connectivity index (χ4n) is 13.4. The van der Waals surface area contributed by atoms with Gasteiger partial charge in [-0.2, -0.15) is 0 Å². The van der Waals surface area contributed by atoms with Gasteiger partial charge in [0.15, 0.2) is 0 Å². The fraction of sp³-hybridized carbons (Fsp3) is 0.635. The lowest BCUT2D eigenvalue weighted by molar-refractivity contribution is -0.147. The van der Waals surface area contributed by atoms with Crippen molar-refractivity contribution in [2.45, 2.75) is 298 Å². The zero-order chi connectivity index (χ0) is 99.1. The Labute approximate surface area is 765 Å². The average Bonchev–Trinajstić information content (AvgIpc) is 0.853. The molecule has 0 heterocycles. The third-order valence-electron chi connectivity index (χ3n) is 20.9. The van der Waals surface area contributed by atoms with Crippen molar-refractivity contribution in [2.24, 2.45) is 46.1 Å². The third-order valence-corrected chi connectivity index (χ3v) is 20.9. The molecular weight excluding hydrogens is 1730 g/mol. The molecule has 15 atom stereocenters. The SMILES string of the molecule is CC(C)C[C@H](NC(=O)[C@H](CCCCN)NC(=O)[C@H](C)NC(=O)[C@H](C)NC(=O)[C@H](CCCCN)NC(=O)[C@H](CCCCN)NC(=O)[C@H](CCC(=O)O)NC(=O)[C@@H](N)Cc1ccc(O)cc1)C(=O)N[C@@H](CCCCN)C(=O)N[C@@H](CCC(=O)O)C(=O)N[C@@H](CCCCN)C(=O)N[C@@H](Cc1ccc(O)cc1)C(=O)N[C@@H](CCC(=O)O)C(=O)N[C@@H](CCCCN)C(=O)N[C@@H](CC(=O)O)C(=O)O. The van der Waals surface area contributed by atoms with Crippen LogP contribution in [0.15, 0.2) is 48.5 Å². The number of carbonyl (C=O) groups is 19. The summed E-state index contributed by atoms with van der Waals surface area (Å²) in [5.41, 5.74) is 41.7. The molecule has 0 unspecified atom stereocenters. The molecule has 14 amide bonds. The van der Waals surface area contributed by atoms with E-state index >= 15 is 0 Å². The summed E-state index contributed by atoms with van der Waals surface area (Å²) >= 11 is 0. The Kier molecular flexibility index (Phi) is 55.8. The van der Waals surface area contributed by atoms with Crippen LogP contribution in [0.3, 0.4) is 0 Å². The molecule has 47 heteroatoms. The molecule has 0 saturated carbocycles. The topological polar surface area (TPSA) is 817 Å². The molecule has 132 heavy (non-hydrogen) atoms. The summed E-state index contributed by atoms with van der Waals surface area (Å²) in [6.45, 7) is 6.76. The van der Waals surface area contributed by atoms with E-state index in [-0.39, 0.29) is 171 Å². The minimum absolute atomic E-state index is 0.0350. The molecule has 0 aromatic heterocycles. The van der Waals surface area contributed by atoms with Crippen molar-refractivity contribution in [3.63, 3.8) is 0 Å². The minimum atomic E-state index is -1.97. The number of phenols is 2. The van der Waals surface area contributed by atoms with Crippen LogP contribution in [-0.2, 0) is 104 Å². The first-order valence-corrected chi connectivity index (χ1v) is 44.4. The summed E-state index contributed by atoms with van der Waals surface area (Å²) in [4.78, 5) is 259. The van der Waals surface area contributed by atoms with E-state index in [2.05, 4.69) is 74.4 Å². The molecule has 0 fully saturated rings. The number of nitrogens with two attached hydrogens (primary N) is 7. The lowest BCUT2D eigenvalue weighted by Gasteiger charge is -2.29. The van der Waals surface area contributed by atoms with E-state index < -0.39 is 255 Å². The van der Waals surface area contributed by atoms with Gasteiger partial charge in [-0.25, -0.2) is 4.79 Å². The summed E-state index contributed by atoms with van der Waals surface area (Å²) in [5.74, 6) is -22.2. The molecule has 2 rings (SSSR count). The Bertz CT molecular complexity index is 4070. The maximum absolute atomic E-state index is 14.8. The minimum Gasteiger partial charge on any atom is -0.508 e. The number of amides is 14. The first-order valence-electron chi connectivity index (χ1n) is 44.4. The molecule has 2 aromatic carbocycles. The molecule has 0 aliphatic heterocycles. The summed E-state index contributed by atoms with van der Waals surface area (Å²) in [6.07, 6.45) is -3.21. The van der Waals surface area contributed by atoms with Crippen molar-refractivity contribution in [3.8, 4) is 11.5 Å². The van der Waals surface area contributed by atoms with Crippen LogP contribution in [0.25, 0.3) is 0 Å². The Morgan fingerprint density at radius 2 is 0.477 bits per heavy atom. The second-order valence-electron chi connectivity index (χ2n) is 32.6. The van der Waals surface area contributed by atoms with Gasteiger partial charge in [-0.3, -0.25) is 86.3 Å². The number of rotatable bonds is 70. The van der Waals surface area contributed by atoms with Crippen LogP contribution in [0, 0.1) is 5.92 Å². The van der Waals surface area contributed by atoms with Crippen molar-refractivity contribution in [1.82, 2.24) is 74.4 Å². The molecule has 0 aliphatic carbocycles. The van der Waals surface area contributed by atoms with E-state index in [0.717, 1.165) is 0 Å². The van der Waals surface area contributed by atoms with Gasteiger partial charge in [0.2, 0.25) is 82.7 Å². The third kappa shape index (κ3) is 47.0. The van der Waals surface area contributed by atoms with Crippen molar-refractivity contribution in [2.75, 3.05) is 39.3 Å². The molecular formula is C85H139N21O26. The normalized spacial score (nSPS) is 14.5. The Balaban J connectivity index is 2.53. The number of carboxylic acid groups (broad SMARTS) is 5. The molecule has 2 aromatic rings. The van der Waals surface area contributed by atoms with E-state index in [0.29, 0.717) is 24.8 Å². The van der Waals surface area contributed by atoms with Gasteiger partial charge in [0, 0.05) is 25.7 Å². The highest BCUT2D eigenvalue weighted by atomic mass is 16.4. The number of carbonyl (C=O) groups excluding carboxylic acids is 14. The number of hydrogen-bond donors (Lipinski definition) is 28. The van der Waals surface area contributed by atoms with Crippen LogP contribution >= 0.6 is 0 Å². The van der Waals surface area contributed by atoms with Crippen molar-refractivity contribution in [3.05, 3.63) is 59.7 Å². The molecule has 0 spiro atoms. The van der Waals surface area contributed by atoms with Crippen molar-refractivity contribution < 1.29 is 127 Å². The van der Waals surface area contributed by atoms with E-state index in [4.69, 9.17) is 40.1 Å². The number of unbranched alkanes of at least 4 members (excludes halogenated alkanes) is 6. The highest BCUT2D eigenvalue weighted by Crippen LogP contribution is 2.19. The standard InChI is InChI=1S/C85H139N21O26/c1-47(2)43-64(104-77(123)56(18-6-12-38-87)95-72(118)49(4)93-71(117)48(3)94-74(120)55(17-5-11-37-86)97-75(121)57(19-7-13-39-88)98-80(126)61(31-34-67(109)110)96-73(119)54(92)44-50-23-27-52(107)28-24-50)83(129)101-58(20-8-14-40-89)76(122)102-62(32-35-68(111)112)81(127)99-59(21-9-15-41-90)78(124)105-65(45-51-25-29-53(108)30-26-51)84(130)103-63(33-36-69(113)114)82(128)100-60(22-10-16-42-91)79(125)106-66(85(131)132)46-70(115)116/h23-30,47-49,54-66,107-108H,5-22,31-46,86-92H2,1-4H3,(H,93,117)(H,94,120)(H,95,118)(H,96,119)(H,97,121)(H,98,126)(H,99,127)(H,100,128)(H,101,129)(H,102,122)(H,103,130)(H,104,123)(H,105,124)(H,106,125)(H,109,110)(H,111,112)(H,113,114)(H,115,116)(H,131,132)/t48-,49-,54-,55-,56-,57-,58-,59-,60-,61-,62-,63-,64-,65-,66-/m0/s1. The van der Waals surface area contributed by atoms with Crippen LogP contribution in [0.5, 0.6) is 11.5 Å². The van der Waals surface area contributed by atoms with Crippen LogP contribution in [0.4, 0.5) is 0 Å². The lowest BCUT2D eigenvalue weighted by atomic mass is 10.00. The van der Waals surface area contributed by atoms with Crippen molar-refractivity contribution >= 4 is 113 Å². The number of hydrogen-bond acceptors (Lipinski definition) is 28. The van der Waals surface area contributed by atoms with Crippen LogP contribution in [0.2, 0.25) is 0 Å². The average molecular weight is 1870 g/mol. The highest BCUT2D eigenvalue weighted by Gasteiger charge is 2.39. The van der Waals surface area contributed by atoms with Gasteiger partial charge in [-0.05, 0) is 242 Å². The Morgan fingerprint density at radius 3 is 0.750 bits per heavy atom. The molecule has 0 bridgehead atoms. The zero-order valence-corrected chi connectivity index (χ0v) is 75.3. The highest BCUT2D eigenvalue weighted by molar-refractivity contribution is 6.01. The Morgan fingerprint density at radius 1 is 0.258 bits per heavy atom. The molecule has 0 radical (unpaired) electrons. The summed E-state index contributed by atoms with van der Waals surface area (Å²) < 4.78 is 0. The monoisotopic (exact) mass is 1870 g/mol. The predicted octanol–water partition coefficient (Wildman–Crippen LogP) is -4.99. The number of benzene rings is 2. The fourth-order valence-corrected chi connectivity index (χ4v) is 13.4. The predicted molar refractivity (Wildman–Crippen MR) is 477 cm³/mol. The zero-order valence-electron chi connectivity index (χ0n) is 75.3. The molecule has 0 aliphatic rings. The van der Waals surface area contributed by atoms with Crippen LogP contribution < -0.4 is 115 Å². The second-order valence-corrected chi connectivity index (χ2v) is 32.6. The summed E-state index contributed by atoms with van der Waals surface area (Å²) in [6, 6.07) is -12.4. The number of carboxylic acids is 5. The molecule has 740 valence electrons. The number of aliphatic carboxylic acids is 5. The number of aromatic hydroxyl groups is 2. The molecule has 35 N–H and O–H groups in total. The maximum atomic E-state index is 14.8. The molecule has 0 saturated heterocycles. The largest absolute Gasteiger partial charge is 0.508 e. The van der Waals surface area contributed by atoms with Gasteiger partial charge in [0.05, 0.1) is 12.5 Å². The van der Waals surface area contributed by atoms with E-state index in [1.165, 1.54) is 62.4 Å². The van der Waals surface area contributed by atoms with E-state index in [1.807, 2.05) is 0 Å². The first-order chi connectivity index (χ1) is 62.5. The number of phenolic OH excluding ortho intramolecular Hbond substituents is 2. The van der Waals surface area contributed by atoms with Gasteiger partial charge in [0.25, 0.3) is 0 Å². The van der Waals surface area contributed by atoms with E-state index in [1.54, 1.807) is 13.8 Å². The van der Waals surface area contributed by atoms with Gasteiger partial charge in [-0.1, -0.05) is 38.1 Å². The lowest BCUT2D eigenvalue weighted by Crippen LogP contribution is -2.61. The van der Waals surface area contributed by atoms with Crippen molar-refractivity contribution in [1.29, 1.82) is 0 Å². The molecule has 47 nitrogen and oxygen atoms in total. The van der Waals surface area contributed by atoms with Crippen LogP contribution in [-0.4, -0.2) is 278 Å². The van der Waals surface area contributed by atoms with Gasteiger partial charge in [-0.15, -0.1) is 0 Å². The Hall–Kier alpha value is -12.3. The first kappa shape index (κ1) is 116.